The number of carbonyl (C=O) groups is 1. The lowest BCUT2D eigenvalue weighted by atomic mass is 9.97. The third-order valence-electron chi connectivity index (χ3n) is 3.17. The van der Waals surface area contributed by atoms with Gasteiger partial charge in [0.25, 0.3) is 0 Å². The number of carboxylic acids is 1. The maximum absolute atomic E-state index is 13.9. The summed E-state index contributed by atoms with van der Waals surface area (Å²) >= 11 is 0. The van der Waals surface area contributed by atoms with E-state index in [1.807, 2.05) is 0 Å². The van der Waals surface area contributed by atoms with E-state index in [2.05, 4.69) is 0 Å². The minimum atomic E-state index is -3.48. The van der Waals surface area contributed by atoms with Crippen LogP contribution in [0.25, 0.3) is 0 Å². The molecule has 0 aliphatic heterocycles. The molecule has 2 atom stereocenters. The monoisotopic (exact) mass is 272 g/mol. The Labute approximate surface area is 104 Å². The molecule has 1 aliphatic rings. The van der Waals surface area contributed by atoms with Crippen LogP contribution in [0.15, 0.2) is 23.1 Å². The predicted molar refractivity (Wildman–Crippen MR) is 63.1 cm³/mol. The predicted octanol–water partition coefficient (Wildman–Crippen LogP) is 1.54. The molecule has 1 aromatic carbocycles. The van der Waals surface area contributed by atoms with E-state index in [4.69, 9.17) is 5.11 Å². The first-order valence-corrected chi connectivity index (χ1v) is 7.37. The fraction of sp³-hybridized carbons (Fsp3) is 0.417. The zero-order valence-electron chi connectivity index (χ0n) is 9.76. The molecule has 0 heterocycles. The maximum atomic E-state index is 13.9. The van der Waals surface area contributed by atoms with Crippen molar-refractivity contribution >= 4 is 15.8 Å². The Hall–Kier alpha value is -1.43. The molecule has 0 saturated carbocycles. The van der Waals surface area contributed by atoms with E-state index < -0.39 is 27.9 Å². The Morgan fingerprint density at radius 3 is 2.72 bits per heavy atom. The molecule has 6 heteroatoms. The third-order valence-corrected chi connectivity index (χ3v) is 4.33. The Balaban J connectivity index is 2.58. The third kappa shape index (κ3) is 2.25. The van der Waals surface area contributed by atoms with Crippen LogP contribution in [0, 0.1) is 0 Å². The van der Waals surface area contributed by atoms with Crippen LogP contribution < -0.4 is 0 Å². The van der Waals surface area contributed by atoms with Crippen LogP contribution in [0.2, 0.25) is 0 Å². The number of sulfone groups is 1. The zero-order valence-corrected chi connectivity index (χ0v) is 10.6. The van der Waals surface area contributed by atoms with Gasteiger partial charge in [-0.2, -0.15) is 0 Å². The number of fused-ring (bicyclic) bond motifs is 1. The van der Waals surface area contributed by atoms with E-state index in [1.54, 1.807) is 12.1 Å². The van der Waals surface area contributed by atoms with Gasteiger partial charge in [-0.25, -0.2) is 12.8 Å². The summed E-state index contributed by atoms with van der Waals surface area (Å²) < 4.78 is 37.2. The Morgan fingerprint density at radius 1 is 1.50 bits per heavy atom. The summed E-state index contributed by atoms with van der Waals surface area (Å²) in [5, 5.41) is 8.79. The molecular formula is C12H13FO4S. The van der Waals surface area contributed by atoms with Crippen molar-refractivity contribution in [2.45, 2.75) is 29.8 Å². The number of aliphatic carboxylic acids is 1. The molecule has 0 aromatic heterocycles. The Bertz CT molecular complexity index is 594. The minimum absolute atomic E-state index is 0.0476. The number of rotatable bonds is 3. The number of hydrogen-bond acceptors (Lipinski definition) is 3. The Morgan fingerprint density at radius 2 is 2.17 bits per heavy atom. The van der Waals surface area contributed by atoms with Gasteiger partial charge in [0.1, 0.15) is 6.17 Å². The van der Waals surface area contributed by atoms with Gasteiger partial charge in [0.05, 0.1) is 11.3 Å². The maximum Gasteiger partial charge on any atom is 0.304 e. The lowest BCUT2D eigenvalue weighted by molar-refractivity contribution is -0.137. The zero-order chi connectivity index (χ0) is 13.5. The normalized spacial score (nSPS) is 22.8. The van der Waals surface area contributed by atoms with Gasteiger partial charge in [-0.1, -0.05) is 12.1 Å². The average Bonchev–Trinajstić information content (AvgIpc) is 2.53. The molecule has 0 amide bonds. The van der Waals surface area contributed by atoms with Crippen LogP contribution in [0.4, 0.5) is 4.39 Å². The van der Waals surface area contributed by atoms with E-state index in [1.165, 1.54) is 6.07 Å². The molecule has 0 fully saturated rings. The van der Waals surface area contributed by atoms with Gasteiger partial charge in [-0.15, -0.1) is 0 Å². The second-order valence-corrected chi connectivity index (χ2v) is 6.51. The SMILES string of the molecule is CS(=O)(=O)c1cccc2c1C(CC(=O)O)C(F)C2. The van der Waals surface area contributed by atoms with Crippen LogP contribution in [0.3, 0.4) is 0 Å². The van der Waals surface area contributed by atoms with Gasteiger partial charge in [-0.05, 0) is 17.2 Å². The highest BCUT2D eigenvalue weighted by molar-refractivity contribution is 7.90. The van der Waals surface area contributed by atoms with E-state index in [-0.39, 0.29) is 17.7 Å². The second kappa shape index (κ2) is 4.35. The van der Waals surface area contributed by atoms with Gasteiger partial charge in [0, 0.05) is 18.6 Å². The fourth-order valence-electron chi connectivity index (χ4n) is 2.46. The molecule has 0 spiro atoms. The van der Waals surface area contributed by atoms with Gasteiger partial charge in [0.15, 0.2) is 9.84 Å². The highest BCUT2D eigenvalue weighted by Gasteiger charge is 2.37. The van der Waals surface area contributed by atoms with Gasteiger partial charge in [-0.3, -0.25) is 4.79 Å². The lowest BCUT2D eigenvalue weighted by Gasteiger charge is -2.14. The topological polar surface area (TPSA) is 71.4 Å². The van der Waals surface area contributed by atoms with Crippen molar-refractivity contribution in [3.63, 3.8) is 0 Å². The number of alkyl halides is 1. The van der Waals surface area contributed by atoms with E-state index in [9.17, 15) is 17.6 Å². The summed E-state index contributed by atoms with van der Waals surface area (Å²) in [7, 11) is -3.48. The summed E-state index contributed by atoms with van der Waals surface area (Å²) in [5.41, 5.74) is 0.937. The fourth-order valence-corrected chi connectivity index (χ4v) is 3.47. The average molecular weight is 272 g/mol. The molecule has 2 rings (SSSR count). The van der Waals surface area contributed by atoms with E-state index in [0.29, 0.717) is 11.1 Å². The highest BCUT2D eigenvalue weighted by atomic mass is 32.2. The highest BCUT2D eigenvalue weighted by Crippen LogP contribution is 2.41. The standard InChI is InChI=1S/C12H13FO4S/c1-18(16,17)10-4-2-3-7-5-9(13)8(12(7)10)6-11(14)15/h2-4,8-9H,5-6H2,1H3,(H,14,15). The largest absolute Gasteiger partial charge is 0.481 e. The first kappa shape index (κ1) is 13.0. The molecule has 18 heavy (non-hydrogen) atoms. The molecule has 1 aromatic rings. The number of hydrogen-bond donors (Lipinski definition) is 1. The summed E-state index contributed by atoms with van der Waals surface area (Å²) in [6.45, 7) is 0. The van der Waals surface area contributed by atoms with Gasteiger partial charge < -0.3 is 5.11 Å². The van der Waals surface area contributed by atoms with Gasteiger partial charge >= 0.3 is 5.97 Å². The van der Waals surface area contributed by atoms with Crippen molar-refractivity contribution in [1.82, 2.24) is 0 Å². The van der Waals surface area contributed by atoms with Crippen molar-refractivity contribution in [2.75, 3.05) is 6.26 Å². The summed E-state index contributed by atoms with van der Waals surface area (Å²) in [6.07, 6.45) is -0.595. The molecule has 1 N–H and O–H groups in total. The molecule has 2 unspecified atom stereocenters. The van der Waals surface area contributed by atoms with Crippen molar-refractivity contribution in [2.24, 2.45) is 0 Å². The molecule has 4 nitrogen and oxygen atoms in total. The molecule has 1 aliphatic carbocycles. The summed E-state index contributed by atoms with van der Waals surface area (Å²) in [5.74, 6) is -2.00. The Kier molecular flexibility index (Phi) is 3.14. The van der Waals surface area contributed by atoms with Crippen LogP contribution in [0.5, 0.6) is 0 Å². The van der Waals surface area contributed by atoms with E-state index >= 15 is 0 Å². The second-order valence-electron chi connectivity index (χ2n) is 4.53. The quantitative estimate of drug-likeness (QED) is 0.906. The molecule has 0 saturated heterocycles. The first-order chi connectivity index (χ1) is 8.30. The lowest BCUT2D eigenvalue weighted by Crippen LogP contribution is -2.15. The van der Waals surface area contributed by atoms with Gasteiger partial charge in [0.2, 0.25) is 0 Å². The van der Waals surface area contributed by atoms with Crippen LogP contribution >= 0.6 is 0 Å². The van der Waals surface area contributed by atoms with Crippen LogP contribution in [-0.2, 0) is 21.1 Å². The van der Waals surface area contributed by atoms with Crippen molar-refractivity contribution in [1.29, 1.82) is 0 Å². The summed E-state index contributed by atoms with van der Waals surface area (Å²) in [4.78, 5) is 10.8. The van der Waals surface area contributed by atoms with Crippen LogP contribution in [-0.4, -0.2) is 31.9 Å². The molecule has 0 bridgehead atoms. The first-order valence-electron chi connectivity index (χ1n) is 5.48. The molecule has 98 valence electrons. The molecular weight excluding hydrogens is 259 g/mol. The van der Waals surface area contributed by atoms with Crippen molar-refractivity contribution in [3.8, 4) is 0 Å². The minimum Gasteiger partial charge on any atom is -0.481 e. The molecule has 0 radical (unpaired) electrons. The van der Waals surface area contributed by atoms with Crippen molar-refractivity contribution in [3.05, 3.63) is 29.3 Å². The van der Waals surface area contributed by atoms with E-state index in [0.717, 1.165) is 6.26 Å². The number of benzene rings is 1. The summed E-state index contributed by atoms with van der Waals surface area (Å²) in [6, 6.07) is 4.62. The number of carboxylic acid groups (broad SMARTS) is 1. The van der Waals surface area contributed by atoms with Crippen molar-refractivity contribution < 1.29 is 22.7 Å². The number of halogens is 1. The smallest absolute Gasteiger partial charge is 0.304 e. The van der Waals surface area contributed by atoms with Crippen LogP contribution in [0.1, 0.15) is 23.5 Å².